The molecule has 0 aliphatic carbocycles. The summed E-state index contributed by atoms with van der Waals surface area (Å²) in [6.07, 6.45) is 2.38. The molecule has 6 heteroatoms. The smallest absolute Gasteiger partial charge is 0.326 e. The second-order valence-corrected chi connectivity index (χ2v) is 5.74. The minimum Gasteiger partial charge on any atom is -0.480 e. The average Bonchev–Trinajstić information content (AvgIpc) is 2.42. The molecule has 1 atom stereocenters. The summed E-state index contributed by atoms with van der Waals surface area (Å²) < 4.78 is 5.62. The van der Waals surface area contributed by atoms with Crippen LogP contribution >= 0.6 is 11.6 Å². The number of allylic oxidation sites excluding steroid dienone is 1. The van der Waals surface area contributed by atoms with E-state index in [4.69, 9.17) is 21.4 Å². The van der Waals surface area contributed by atoms with Gasteiger partial charge in [0.1, 0.15) is 11.8 Å². The van der Waals surface area contributed by atoms with Gasteiger partial charge >= 0.3 is 5.97 Å². The molecule has 1 aromatic carbocycles. The van der Waals surface area contributed by atoms with Gasteiger partial charge in [-0.15, -0.1) is 6.58 Å². The summed E-state index contributed by atoms with van der Waals surface area (Å²) in [5, 5.41) is 12.1. The van der Waals surface area contributed by atoms with Gasteiger partial charge in [-0.25, -0.2) is 4.79 Å². The van der Waals surface area contributed by atoms with Crippen LogP contribution in [0.2, 0.25) is 5.02 Å². The zero-order chi connectivity index (χ0) is 16.8. The molecule has 0 aliphatic heterocycles. The van der Waals surface area contributed by atoms with Crippen LogP contribution in [0.25, 0.3) is 0 Å². The Hall–Kier alpha value is -2.01. The third kappa shape index (κ3) is 5.41. The number of ether oxygens (including phenoxy) is 1. The Labute approximate surface area is 134 Å². The summed E-state index contributed by atoms with van der Waals surface area (Å²) in [6, 6.07) is 5.68. The van der Waals surface area contributed by atoms with Crippen molar-refractivity contribution in [2.45, 2.75) is 38.3 Å². The summed E-state index contributed by atoms with van der Waals surface area (Å²) in [5.74, 6) is -1.16. The lowest BCUT2D eigenvalue weighted by Gasteiger charge is -2.27. The van der Waals surface area contributed by atoms with Gasteiger partial charge in [0, 0.05) is 5.02 Å². The van der Waals surface area contributed by atoms with Crippen molar-refractivity contribution in [3.05, 3.63) is 41.9 Å². The standard InChI is InChI=1S/C16H20ClNO4/c1-4-5-9-13(14(19)20)18-15(21)16(2,3)22-12-8-6-7-11(17)10-12/h4,6-8,10,13H,1,5,9H2,2-3H3,(H,18,21)(H,19,20). The van der Waals surface area contributed by atoms with Crippen molar-refractivity contribution in [3.63, 3.8) is 0 Å². The Morgan fingerprint density at radius 1 is 1.50 bits per heavy atom. The molecule has 22 heavy (non-hydrogen) atoms. The van der Waals surface area contributed by atoms with Crippen molar-refractivity contribution in [1.29, 1.82) is 0 Å². The Balaban J connectivity index is 2.76. The number of aliphatic carboxylic acids is 1. The van der Waals surface area contributed by atoms with E-state index in [0.717, 1.165) is 0 Å². The SMILES string of the molecule is C=CCCC(NC(=O)C(C)(C)Oc1cccc(Cl)c1)C(=O)O. The Bertz CT molecular complexity index is 557. The molecule has 1 unspecified atom stereocenters. The average molecular weight is 326 g/mol. The van der Waals surface area contributed by atoms with Crippen LogP contribution in [0, 0.1) is 0 Å². The van der Waals surface area contributed by atoms with Gasteiger partial charge in [-0.3, -0.25) is 4.79 Å². The highest BCUT2D eigenvalue weighted by Crippen LogP contribution is 2.22. The van der Waals surface area contributed by atoms with Crippen LogP contribution in [-0.4, -0.2) is 28.6 Å². The van der Waals surface area contributed by atoms with E-state index in [0.29, 0.717) is 17.2 Å². The highest BCUT2D eigenvalue weighted by molar-refractivity contribution is 6.30. The summed E-state index contributed by atoms with van der Waals surface area (Å²) in [5.41, 5.74) is -1.23. The van der Waals surface area contributed by atoms with Crippen LogP contribution < -0.4 is 10.1 Å². The lowest BCUT2D eigenvalue weighted by Crippen LogP contribution is -2.52. The number of benzene rings is 1. The Kier molecular flexibility index (Phi) is 6.43. The summed E-state index contributed by atoms with van der Waals surface area (Å²) in [7, 11) is 0. The van der Waals surface area contributed by atoms with Crippen molar-refractivity contribution in [2.24, 2.45) is 0 Å². The van der Waals surface area contributed by atoms with Gasteiger partial charge in [0.25, 0.3) is 5.91 Å². The minimum atomic E-state index is -1.23. The van der Waals surface area contributed by atoms with Crippen molar-refractivity contribution in [3.8, 4) is 5.75 Å². The molecular formula is C16H20ClNO4. The summed E-state index contributed by atoms with van der Waals surface area (Å²) in [6.45, 7) is 6.67. The first-order chi connectivity index (χ1) is 10.3. The number of halogens is 1. The third-order valence-electron chi connectivity index (χ3n) is 2.98. The highest BCUT2D eigenvalue weighted by atomic mass is 35.5. The molecule has 0 radical (unpaired) electrons. The number of nitrogens with one attached hydrogen (secondary N) is 1. The fraction of sp³-hybridized carbons (Fsp3) is 0.375. The number of hydrogen-bond donors (Lipinski definition) is 2. The molecule has 0 saturated heterocycles. The van der Waals surface area contributed by atoms with Gasteiger partial charge in [0.15, 0.2) is 5.60 Å². The van der Waals surface area contributed by atoms with E-state index in [9.17, 15) is 9.59 Å². The minimum absolute atomic E-state index is 0.276. The lowest BCUT2D eigenvalue weighted by molar-refractivity contribution is -0.145. The highest BCUT2D eigenvalue weighted by Gasteiger charge is 2.33. The molecule has 0 bridgehead atoms. The Morgan fingerprint density at radius 2 is 2.18 bits per heavy atom. The predicted molar refractivity (Wildman–Crippen MR) is 85.2 cm³/mol. The summed E-state index contributed by atoms with van der Waals surface area (Å²) >= 11 is 5.87. The van der Waals surface area contributed by atoms with E-state index >= 15 is 0 Å². The van der Waals surface area contributed by atoms with Crippen LogP contribution in [0.4, 0.5) is 0 Å². The Morgan fingerprint density at radius 3 is 2.73 bits per heavy atom. The van der Waals surface area contributed by atoms with Gasteiger partial charge in [-0.1, -0.05) is 23.7 Å². The van der Waals surface area contributed by atoms with E-state index in [1.165, 1.54) is 0 Å². The van der Waals surface area contributed by atoms with Gasteiger partial charge < -0.3 is 15.2 Å². The van der Waals surface area contributed by atoms with Crippen LogP contribution in [0.15, 0.2) is 36.9 Å². The first kappa shape index (κ1) is 18.0. The van der Waals surface area contributed by atoms with Crippen molar-refractivity contribution in [1.82, 2.24) is 5.32 Å². The zero-order valence-electron chi connectivity index (χ0n) is 12.6. The fourth-order valence-electron chi connectivity index (χ4n) is 1.75. The van der Waals surface area contributed by atoms with Gasteiger partial charge in [-0.05, 0) is 44.9 Å². The van der Waals surface area contributed by atoms with E-state index in [-0.39, 0.29) is 6.42 Å². The zero-order valence-corrected chi connectivity index (χ0v) is 13.4. The lowest BCUT2D eigenvalue weighted by atomic mass is 10.1. The van der Waals surface area contributed by atoms with Crippen molar-refractivity contribution < 1.29 is 19.4 Å². The quantitative estimate of drug-likeness (QED) is 0.720. The maximum atomic E-state index is 12.3. The summed E-state index contributed by atoms with van der Waals surface area (Å²) in [4.78, 5) is 23.4. The number of carbonyl (C=O) groups is 2. The van der Waals surface area contributed by atoms with Crippen LogP contribution in [0.3, 0.4) is 0 Å². The molecule has 2 N–H and O–H groups in total. The van der Waals surface area contributed by atoms with Crippen molar-refractivity contribution >= 4 is 23.5 Å². The molecule has 1 amide bonds. The van der Waals surface area contributed by atoms with E-state index in [1.54, 1.807) is 44.2 Å². The van der Waals surface area contributed by atoms with Crippen LogP contribution in [0.1, 0.15) is 26.7 Å². The number of amides is 1. The molecule has 1 aromatic rings. The number of rotatable bonds is 8. The fourth-order valence-corrected chi connectivity index (χ4v) is 1.93. The second kappa shape index (κ2) is 7.84. The molecule has 0 aliphatic rings. The molecule has 1 rings (SSSR count). The first-order valence-electron chi connectivity index (χ1n) is 6.85. The van der Waals surface area contributed by atoms with Crippen LogP contribution in [0.5, 0.6) is 5.75 Å². The molecule has 0 spiro atoms. The molecule has 5 nitrogen and oxygen atoms in total. The van der Waals surface area contributed by atoms with Gasteiger partial charge in [-0.2, -0.15) is 0 Å². The largest absolute Gasteiger partial charge is 0.480 e. The number of carboxylic acid groups (broad SMARTS) is 1. The molecule has 0 heterocycles. The normalized spacial score (nSPS) is 12.3. The third-order valence-corrected chi connectivity index (χ3v) is 3.21. The molecule has 0 aromatic heterocycles. The van der Waals surface area contributed by atoms with E-state index in [2.05, 4.69) is 11.9 Å². The maximum Gasteiger partial charge on any atom is 0.326 e. The van der Waals surface area contributed by atoms with Gasteiger partial charge in [0.2, 0.25) is 0 Å². The molecule has 120 valence electrons. The predicted octanol–water partition coefficient (Wildman–Crippen LogP) is 3.03. The maximum absolute atomic E-state index is 12.3. The number of carbonyl (C=O) groups excluding carboxylic acids is 1. The van der Waals surface area contributed by atoms with E-state index < -0.39 is 23.5 Å². The second-order valence-electron chi connectivity index (χ2n) is 5.30. The molecular weight excluding hydrogens is 306 g/mol. The van der Waals surface area contributed by atoms with Gasteiger partial charge in [0.05, 0.1) is 0 Å². The molecule has 0 saturated carbocycles. The first-order valence-corrected chi connectivity index (χ1v) is 7.23. The van der Waals surface area contributed by atoms with Crippen molar-refractivity contribution in [2.75, 3.05) is 0 Å². The van der Waals surface area contributed by atoms with E-state index in [1.807, 2.05) is 0 Å². The molecule has 0 fully saturated rings. The van der Waals surface area contributed by atoms with Crippen LogP contribution in [-0.2, 0) is 9.59 Å². The number of hydrogen-bond acceptors (Lipinski definition) is 3. The topological polar surface area (TPSA) is 75.6 Å². The number of carboxylic acids is 1. The monoisotopic (exact) mass is 325 g/mol.